The van der Waals surface area contributed by atoms with Crippen molar-refractivity contribution in [1.82, 2.24) is 5.32 Å². The number of hydrogen-bond acceptors (Lipinski definition) is 6. The molecule has 0 spiro atoms. The van der Waals surface area contributed by atoms with Crippen molar-refractivity contribution in [3.8, 4) is 0 Å². The maximum atomic E-state index is 11.8. The van der Waals surface area contributed by atoms with Gasteiger partial charge in [0.25, 0.3) is 0 Å². The second-order valence-corrected chi connectivity index (χ2v) is 5.18. The molecule has 0 fully saturated rings. The van der Waals surface area contributed by atoms with Gasteiger partial charge in [0.1, 0.15) is 10.8 Å². The fraction of sp³-hybridized carbons (Fsp3) is 0.167. The van der Waals surface area contributed by atoms with Crippen LogP contribution in [0.25, 0.3) is 0 Å². The van der Waals surface area contributed by atoms with Gasteiger partial charge in [0.05, 0.1) is 17.8 Å². The van der Waals surface area contributed by atoms with Crippen LogP contribution in [0.1, 0.15) is 15.9 Å². The normalized spacial score (nSPS) is 12.0. The summed E-state index contributed by atoms with van der Waals surface area (Å²) in [5.41, 5.74) is 11.8. The first kappa shape index (κ1) is 16.9. The number of carbonyl (C=O) groups is 2. The third kappa shape index (κ3) is 5.01. The molecule has 2 amide bonds. The SMILES string of the molecule is COC(=O)c1c(C)csc1NC(=O)N/C(N)=C/C=C(\N)Cl. The molecule has 1 heterocycles. The molecule has 1 rings (SSSR count). The smallest absolute Gasteiger partial charge is 0.341 e. The Morgan fingerprint density at radius 3 is 2.62 bits per heavy atom. The summed E-state index contributed by atoms with van der Waals surface area (Å²) in [5.74, 6) is -0.477. The molecule has 9 heteroatoms. The molecule has 0 unspecified atom stereocenters. The third-order valence-corrected chi connectivity index (χ3v) is 3.41. The van der Waals surface area contributed by atoms with Crippen molar-refractivity contribution < 1.29 is 14.3 Å². The van der Waals surface area contributed by atoms with Gasteiger partial charge in [-0.25, -0.2) is 9.59 Å². The Kier molecular flexibility index (Phi) is 6.07. The van der Waals surface area contributed by atoms with Crippen molar-refractivity contribution in [2.45, 2.75) is 6.92 Å². The number of anilines is 1. The van der Waals surface area contributed by atoms with Gasteiger partial charge in [-0.15, -0.1) is 11.3 Å². The first-order chi connectivity index (χ1) is 9.85. The van der Waals surface area contributed by atoms with Gasteiger partial charge >= 0.3 is 12.0 Å². The summed E-state index contributed by atoms with van der Waals surface area (Å²) in [6.07, 6.45) is 2.66. The number of carbonyl (C=O) groups excluding carboxylic acids is 2. The zero-order valence-electron chi connectivity index (χ0n) is 11.4. The predicted molar refractivity (Wildman–Crippen MR) is 82.9 cm³/mol. The van der Waals surface area contributed by atoms with Crippen LogP contribution in [0.2, 0.25) is 0 Å². The molecule has 1 aromatic heterocycles. The van der Waals surface area contributed by atoms with Crippen molar-refractivity contribution in [2.24, 2.45) is 11.5 Å². The lowest BCUT2D eigenvalue weighted by atomic mass is 10.2. The van der Waals surface area contributed by atoms with E-state index in [1.54, 1.807) is 12.3 Å². The average molecular weight is 331 g/mol. The van der Waals surface area contributed by atoms with Crippen molar-refractivity contribution in [3.05, 3.63) is 39.6 Å². The van der Waals surface area contributed by atoms with E-state index in [1.807, 2.05) is 0 Å². The van der Waals surface area contributed by atoms with Gasteiger partial charge in [0, 0.05) is 0 Å². The van der Waals surface area contributed by atoms with E-state index in [9.17, 15) is 9.59 Å². The van der Waals surface area contributed by atoms with E-state index in [0.717, 1.165) is 0 Å². The van der Waals surface area contributed by atoms with Crippen LogP contribution in [0, 0.1) is 6.92 Å². The maximum absolute atomic E-state index is 11.8. The fourth-order valence-corrected chi connectivity index (χ4v) is 2.36. The number of methoxy groups -OCH3 is 1. The minimum atomic E-state index is -0.600. The Labute approximate surface area is 130 Å². The zero-order chi connectivity index (χ0) is 16.0. The highest BCUT2D eigenvalue weighted by Crippen LogP contribution is 2.28. The summed E-state index contributed by atoms with van der Waals surface area (Å²) in [6.45, 7) is 1.74. The van der Waals surface area contributed by atoms with Gasteiger partial charge in [-0.3, -0.25) is 10.6 Å². The Morgan fingerprint density at radius 1 is 1.38 bits per heavy atom. The largest absolute Gasteiger partial charge is 0.465 e. The summed E-state index contributed by atoms with van der Waals surface area (Å²) in [5, 5.41) is 7.02. The number of esters is 1. The molecule has 0 radical (unpaired) electrons. The monoisotopic (exact) mass is 330 g/mol. The maximum Gasteiger partial charge on any atom is 0.341 e. The fourth-order valence-electron chi connectivity index (χ4n) is 1.37. The van der Waals surface area contributed by atoms with Crippen LogP contribution in [0.3, 0.4) is 0 Å². The lowest BCUT2D eigenvalue weighted by Gasteiger charge is -2.07. The number of halogens is 1. The highest BCUT2D eigenvalue weighted by molar-refractivity contribution is 7.15. The topological polar surface area (TPSA) is 119 Å². The molecule has 0 saturated carbocycles. The highest BCUT2D eigenvalue weighted by Gasteiger charge is 2.18. The van der Waals surface area contributed by atoms with E-state index < -0.39 is 12.0 Å². The summed E-state index contributed by atoms with van der Waals surface area (Å²) in [6, 6.07) is -0.600. The highest BCUT2D eigenvalue weighted by atomic mass is 35.5. The van der Waals surface area contributed by atoms with Crippen LogP contribution >= 0.6 is 22.9 Å². The molecule has 7 nitrogen and oxygen atoms in total. The van der Waals surface area contributed by atoms with Crippen LogP contribution in [0.15, 0.2) is 28.5 Å². The van der Waals surface area contributed by atoms with Crippen LogP contribution in [0.4, 0.5) is 9.80 Å². The average Bonchev–Trinajstić information content (AvgIpc) is 2.76. The van der Waals surface area contributed by atoms with Crippen LogP contribution in [0.5, 0.6) is 0 Å². The van der Waals surface area contributed by atoms with Gasteiger partial charge in [0.15, 0.2) is 0 Å². The molecule has 0 aromatic carbocycles. The van der Waals surface area contributed by atoms with Crippen LogP contribution in [-0.4, -0.2) is 19.1 Å². The second-order valence-electron chi connectivity index (χ2n) is 3.87. The molecule has 1 aromatic rings. The van der Waals surface area contributed by atoms with Crippen molar-refractivity contribution in [3.63, 3.8) is 0 Å². The number of nitrogens with two attached hydrogens (primary N) is 2. The molecule has 0 aliphatic heterocycles. The zero-order valence-corrected chi connectivity index (χ0v) is 13.0. The molecule has 0 aliphatic carbocycles. The number of urea groups is 1. The molecule has 0 saturated heterocycles. The molecule has 0 bridgehead atoms. The Hall–Kier alpha value is -2.19. The van der Waals surface area contributed by atoms with E-state index >= 15 is 0 Å². The summed E-state index contributed by atoms with van der Waals surface area (Å²) < 4.78 is 4.67. The predicted octanol–water partition coefficient (Wildman–Crippen LogP) is 1.80. The van der Waals surface area contributed by atoms with E-state index in [2.05, 4.69) is 15.4 Å². The standard InChI is InChI=1S/C12H15ClN4O3S/c1-6-5-21-10(9(6)11(18)20-2)17-12(19)16-8(15)4-3-7(13)14/h3-5H,14-15H2,1-2H3,(H2,16,17,19)/b7-3-,8-4+. The Morgan fingerprint density at radius 2 is 2.05 bits per heavy atom. The van der Waals surface area contributed by atoms with Gasteiger partial charge < -0.3 is 16.2 Å². The quantitative estimate of drug-likeness (QED) is 0.381. The number of aryl methyl sites for hydroxylation is 1. The molecule has 6 N–H and O–H groups in total. The molecule has 21 heavy (non-hydrogen) atoms. The lowest BCUT2D eigenvalue weighted by molar-refractivity contribution is 0.0601. The number of allylic oxidation sites excluding steroid dienone is 2. The van der Waals surface area contributed by atoms with E-state index in [4.69, 9.17) is 23.1 Å². The van der Waals surface area contributed by atoms with Crippen LogP contribution in [-0.2, 0) is 4.74 Å². The number of ether oxygens (including phenoxy) is 1. The molecular formula is C12H15ClN4O3S. The van der Waals surface area contributed by atoms with Gasteiger partial charge in [-0.1, -0.05) is 11.6 Å². The molecule has 0 aliphatic rings. The second kappa shape index (κ2) is 7.55. The number of hydrogen-bond donors (Lipinski definition) is 4. The number of amides is 2. The molecule has 114 valence electrons. The Balaban J connectivity index is 2.79. The van der Waals surface area contributed by atoms with Gasteiger partial charge in [-0.05, 0) is 30.0 Å². The molecular weight excluding hydrogens is 316 g/mol. The minimum Gasteiger partial charge on any atom is -0.465 e. The van der Waals surface area contributed by atoms with Crippen molar-refractivity contribution in [1.29, 1.82) is 0 Å². The number of thiophene rings is 1. The van der Waals surface area contributed by atoms with E-state index in [-0.39, 0.29) is 11.0 Å². The summed E-state index contributed by atoms with van der Waals surface area (Å²) in [7, 11) is 1.27. The van der Waals surface area contributed by atoms with E-state index in [1.165, 1.54) is 30.6 Å². The third-order valence-electron chi connectivity index (χ3n) is 2.27. The minimum absolute atomic E-state index is 0.0296. The van der Waals surface area contributed by atoms with Crippen LogP contribution < -0.4 is 22.1 Å². The van der Waals surface area contributed by atoms with Crippen molar-refractivity contribution >= 4 is 39.9 Å². The lowest BCUT2D eigenvalue weighted by Crippen LogP contribution is -2.31. The van der Waals surface area contributed by atoms with Crippen molar-refractivity contribution in [2.75, 3.05) is 12.4 Å². The Bertz CT molecular complexity index is 606. The first-order valence-corrected chi connectivity index (χ1v) is 6.93. The first-order valence-electron chi connectivity index (χ1n) is 5.68. The van der Waals surface area contributed by atoms with Gasteiger partial charge in [-0.2, -0.15) is 0 Å². The number of rotatable bonds is 4. The van der Waals surface area contributed by atoms with Gasteiger partial charge in [0.2, 0.25) is 0 Å². The number of nitrogens with one attached hydrogen (secondary N) is 2. The van der Waals surface area contributed by atoms with E-state index in [0.29, 0.717) is 16.1 Å². The molecule has 0 atom stereocenters. The summed E-state index contributed by atoms with van der Waals surface area (Å²) >= 11 is 6.63. The summed E-state index contributed by atoms with van der Waals surface area (Å²) in [4.78, 5) is 23.4.